The fourth-order valence-electron chi connectivity index (χ4n) is 3.58. The number of aromatic amines is 1. The smallest absolute Gasteiger partial charge is 0.323 e. The van der Waals surface area contributed by atoms with Crippen molar-refractivity contribution in [2.75, 3.05) is 7.11 Å². The highest BCUT2D eigenvalue weighted by Gasteiger charge is 2.34. The molecule has 1 aromatic heterocycles. The Balaban J connectivity index is 1.83. The zero-order chi connectivity index (χ0) is 18.3. The summed E-state index contributed by atoms with van der Waals surface area (Å²) in [4.78, 5) is 26.1. The van der Waals surface area contributed by atoms with Crippen molar-refractivity contribution in [2.24, 2.45) is 0 Å². The lowest BCUT2D eigenvalue weighted by molar-refractivity contribution is -0.384. The number of para-hydroxylation sites is 1. The van der Waals surface area contributed by atoms with E-state index in [0.717, 1.165) is 27.7 Å². The standard InChI is InChI=1S/C19H17N3O4/c1-26-19(23)16-10-14-13-4-2-3-5-15(13)20-18(14)17(21-16)11-6-8-12(9-7-11)22(24)25/h2-9,16-17,20-21H,10H2,1H3/t16-,17?/m1/s1. The van der Waals surface area contributed by atoms with E-state index >= 15 is 0 Å². The van der Waals surface area contributed by atoms with Gasteiger partial charge in [0.1, 0.15) is 6.04 Å². The molecule has 0 radical (unpaired) electrons. The van der Waals surface area contributed by atoms with E-state index in [9.17, 15) is 14.9 Å². The van der Waals surface area contributed by atoms with E-state index in [2.05, 4.69) is 10.3 Å². The number of carbonyl (C=O) groups excluding carboxylic acids is 1. The van der Waals surface area contributed by atoms with Gasteiger partial charge in [-0.1, -0.05) is 30.3 Å². The molecular weight excluding hydrogens is 334 g/mol. The summed E-state index contributed by atoms with van der Waals surface area (Å²) in [5, 5.41) is 15.3. The lowest BCUT2D eigenvalue weighted by Gasteiger charge is -2.30. The Bertz CT molecular complexity index is 994. The second-order valence-corrected chi connectivity index (χ2v) is 6.29. The molecule has 0 saturated carbocycles. The van der Waals surface area contributed by atoms with E-state index in [0.29, 0.717) is 6.42 Å². The summed E-state index contributed by atoms with van der Waals surface area (Å²) in [5.74, 6) is -0.326. The molecule has 0 bridgehead atoms. The minimum Gasteiger partial charge on any atom is -0.468 e. The molecule has 26 heavy (non-hydrogen) atoms. The number of fused-ring (bicyclic) bond motifs is 3. The van der Waals surface area contributed by atoms with Crippen molar-refractivity contribution in [3.8, 4) is 0 Å². The third-order valence-corrected chi connectivity index (χ3v) is 4.83. The Hall–Kier alpha value is -3.19. The first-order chi connectivity index (χ1) is 12.6. The zero-order valence-electron chi connectivity index (χ0n) is 14.1. The van der Waals surface area contributed by atoms with Gasteiger partial charge in [0, 0.05) is 35.2 Å². The molecule has 0 aliphatic carbocycles. The van der Waals surface area contributed by atoms with Crippen molar-refractivity contribution in [2.45, 2.75) is 18.5 Å². The van der Waals surface area contributed by atoms with Crippen molar-refractivity contribution in [3.05, 3.63) is 75.5 Å². The second-order valence-electron chi connectivity index (χ2n) is 6.29. The number of esters is 1. The van der Waals surface area contributed by atoms with Crippen LogP contribution in [0.2, 0.25) is 0 Å². The highest BCUT2D eigenvalue weighted by atomic mass is 16.6. The van der Waals surface area contributed by atoms with Gasteiger partial charge in [0.2, 0.25) is 0 Å². The number of benzene rings is 2. The number of methoxy groups -OCH3 is 1. The third kappa shape index (κ3) is 2.62. The monoisotopic (exact) mass is 351 g/mol. The maximum atomic E-state index is 12.2. The number of nitro groups is 1. The largest absolute Gasteiger partial charge is 0.468 e. The second kappa shape index (κ2) is 6.27. The Kier molecular flexibility index (Phi) is 3.93. The van der Waals surface area contributed by atoms with Crippen LogP contribution in [0.15, 0.2) is 48.5 Å². The highest BCUT2D eigenvalue weighted by Crippen LogP contribution is 2.35. The molecule has 2 aromatic carbocycles. The van der Waals surface area contributed by atoms with Crippen LogP contribution in [0.3, 0.4) is 0 Å². The average Bonchev–Trinajstić information content (AvgIpc) is 3.05. The molecule has 0 fully saturated rings. The number of nitro benzene ring substituents is 1. The zero-order valence-corrected chi connectivity index (χ0v) is 14.1. The van der Waals surface area contributed by atoms with Gasteiger partial charge in [0.05, 0.1) is 18.1 Å². The molecule has 7 nitrogen and oxygen atoms in total. The maximum absolute atomic E-state index is 12.2. The van der Waals surface area contributed by atoms with Gasteiger partial charge in [0.15, 0.2) is 0 Å². The van der Waals surface area contributed by atoms with E-state index in [4.69, 9.17) is 4.74 Å². The van der Waals surface area contributed by atoms with Gasteiger partial charge >= 0.3 is 5.97 Å². The van der Waals surface area contributed by atoms with Gasteiger partial charge < -0.3 is 9.72 Å². The van der Waals surface area contributed by atoms with Crippen LogP contribution in [0.4, 0.5) is 5.69 Å². The number of hydrogen-bond donors (Lipinski definition) is 2. The van der Waals surface area contributed by atoms with Gasteiger partial charge in [-0.25, -0.2) is 0 Å². The summed E-state index contributed by atoms with van der Waals surface area (Å²) >= 11 is 0. The number of H-pyrrole nitrogens is 1. The molecule has 4 rings (SSSR count). The molecule has 0 saturated heterocycles. The molecule has 0 amide bonds. The molecule has 132 valence electrons. The van der Waals surface area contributed by atoms with Crippen LogP contribution < -0.4 is 5.32 Å². The molecule has 1 aliphatic heterocycles. The van der Waals surface area contributed by atoms with Gasteiger partial charge in [0.25, 0.3) is 5.69 Å². The van der Waals surface area contributed by atoms with Crippen molar-refractivity contribution in [1.82, 2.24) is 10.3 Å². The maximum Gasteiger partial charge on any atom is 0.323 e. The van der Waals surface area contributed by atoms with E-state index in [-0.39, 0.29) is 17.7 Å². The fraction of sp³-hybridized carbons (Fsp3) is 0.211. The number of hydrogen-bond acceptors (Lipinski definition) is 5. The van der Waals surface area contributed by atoms with E-state index < -0.39 is 11.0 Å². The van der Waals surface area contributed by atoms with E-state index in [1.807, 2.05) is 24.3 Å². The summed E-state index contributed by atoms with van der Waals surface area (Å²) in [6, 6.07) is 13.5. The van der Waals surface area contributed by atoms with Gasteiger partial charge in [-0.05, 0) is 17.2 Å². The first-order valence-corrected chi connectivity index (χ1v) is 8.26. The number of rotatable bonds is 3. The number of aromatic nitrogens is 1. The Morgan fingerprint density at radius 1 is 1.19 bits per heavy atom. The summed E-state index contributed by atoms with van der Waals surface area (Å²) in [5.41, 5.74) is 3.91. The minimum absolute atomic E-state index is 0.0333. The predicted octanol–water partition coefficient (Wildman–Crippen LogP) is 2.85. The first-order valence-electron chi connectivity index (χ1n) is 8.26. The molecule has 2 N–H and O–H groups in total. The SMILES string of the molecule is COC(=O)[C@H]1Cc2c([nH]c3ccccc23)C(c2ccc([N+](=O)[O-])cc2)N1. The van der Waals surface area contributed by atoms with Crippen LogP contribution in [0, 0.1) is 10.1 Å². The number of nitrogens with zero attached hydrogens (tertiary/aromatic N) is 1. The first kappa shape index (κ1) is 16.3. The molecule has 2 heterocycles. The van der Waals surface area contributed by atoms with Crippen molar-refractivity contribution in [3.63, 3.8) is 0 Å². The molecule has 1 aliphatic rings. The number of ether oxygens (including phenoxy) is 1. The minimum atomic E-state index is -0.480. The average molecular weight is 351 g/mol. The Morgan fingerprint density at radius 3 is 2.62 bits per heavy atom. The van der Waals surface area contributed by atoms with Crippen LogP contribution >= 0.6 is 0 Å². The van der Waals surface area contributed by atoms with Crippen LogP contribution in [-0.4, -0.2) is 29.0 Å². The van der Waals surface area contributed by atoms with Gasteiger partial charge in [-0.3, -0.25) is 20.2 Å². The molecule has 3 aromatic rings. The number of carbonyl (C=O) groups is 1. The fourth-order valence-corrected chi connectivity index (χ4v) is 3.58. The van der Waals surface area contributed by atoms with Crippen LogP contribution in [0.5, 0.6) is 0 Å². The summed E-state index contributed by atoms with van der Waals surface area (Å²) in [7, 11) is 1.37. The topological polar surface area (TPSA) is 97.3 Å². The molecule has 2 atom stereocenters. The van der Waals surface area contributed by atoms with Crippen LogP contribution in [0.25, 0.3) is 10.9 Å². The third-order valence-electron chi connectivity index (χ3n) is 4.83. The van der Waals surface area contributed by atoms with Crippen LogP contribution in [-0.2, 0) is 16.0 Å². The predicted molar refractivity (Wildman–Crippen MR) is 95.9 cm³/mol. The highest BCUT2D eigenvalue weighted by molar-refractivity contribution is 5.87. The summed E-state index contributed by atoms with van der Waals surface area (Å²) < 4.78 is 4.93. The lowest BCUT2D eigenvalue weighted by Crippen LogP contribution is -2.45. The summed E-state index contributed by atoms with van der Waals surface area (Å²) in [6.07, 6.45) is 0.523. The van der Waals surface area contributed by atoms with Crippen molar-refractivity contribution >= 4 is 22.6 Å². The molecule has 7 heteroatoms. The number of nitrogens with one attached hydrogen (secondary N) is 2. The van der Waals surface area contributed by atoms with Gasteiger partial charge in [-0.15, -0.1) is 0 Å². The van der Waals surface area contributed by atoms with Crippen molar-refractivity contribution < 1.29 is 14.5 Å². The van der Waals surface area contributed by atoms with E-state index in [1.165, 1.54) is 19.2 Å². The normalized spacial score (nSPS) is 19.1. The molecular formula is C19H17N3O4. The van der Waals surface area contributed by atoms with E-state index in [1.54, 1.807) is 12.1 Å². The summed E-state index contributed by atoms with van der Waals surface area (Å²) in [6.45, 7) is 0. The molecule has 0 spiro atoms. The molecule has 1 unspecified atom stereocenters. The van der Waals surface area contributed by atoms with Gasteiger partial charge in [-0.2, -0.15) is 0 Å². The van der Waals surface area contributed by atoms with Crippen molar-refractivity contribution in [1.29, 1.82) is 0 Å². The Labute approximate surface area is 149 Å². The Morgan fingerprint density at radius 2 is 1.92 bits per heavy atom. The number of non-ortho nitro benzene ring substituents is 1. The van der Waals surface area contributed by atoms with Crippen LogP contribution in [0.1, 0.15) is 22.9 Å². The lowest BCUT2D eigenvalue weighted by atomic mass is 9.90. The quantitative estimate of drug-likeness (QED) is 0.430.